The van der Waals surface area contributed by atoms with E-state index in [-0.39, 0.29) is 18.0 Å². The molecule has 0 radical (unpaired) electrons. The lowest BCUT2D eigenvalue weighted by Gasteiger charge is -2.31. The van der Waals surface area contributed by atoms with Crippen LogP contribution in [-0.2, 0) is 32.3 Å². The zero-order valence-electron chi connectivity index (χ0n) is 24.4. The summed E-state index contributed by atoms with van der Waals surface area (Å²) in [6.07, 6.45) is -1.68. The van der Waals surface area contributed by atoms with Crippen molar-refractivity contribution in [1.82, 2.24) is 24.8 Å². The Labute approximate surface area is 249 Å². The number of ether oxygens (including phenoxy) is 1. The number of hydrogen-bond acceptors (Lipinski definition) is 7. The Morgan fingerprint density at radius 1 is 1.02 bits per heavy atom. The van der Waals surface area contributed by atoms with Gasteiger partial charge in [0, 0.05) is 17.8 Å². The van der Waals surface area contributed by atoms with Gasteiger partial charge in [-0.2, -0.15) is 18.3 Å². The summed E-state index contributed by atoms with van der Waals surface area (Å²) >= 11 is 0. The highest BCUT2D eigenvalue weighted by Gasteiger charge is 2.32. The third-order valence-corrected chi connectivity index (χ3v) is 7.97. The van der Waals surface area contributed by atoms with Gasteiger partial charge in [-0.25, -0.2) is 22.9 Å². The van der Waals surface area contributed by atoms with Crippen molar-refractivity contribution in [3.63, 3.8) is 0 Å². The Morgan fingerprint density at radius 2 is 1.72 bits per heavy atom. The van der Waals surface area contributed by atoms with E-state index in [0.717, 1.165) is 18.6 Å². The molecule has 0 saturated carbocycles. The molecule has 3 rings (SSSR count). The van der Waals surface area contributed by atoms with Gasteiger partial charge in [-0.15, -0.1) is 0 Å². The van der Waals surface area contributed by atoms with Crippen LogP contribution >= 0.6 is 0 Å². The maximum atomic E-state index is 13.0. The Kier molecular flexibility index (Phi) is 11.1. The molecule has 234 valence electrons. The van der Waals surface area contributed by atoms with Crippen molar-refractivity contribution in [2.24, 2.45) is 5.41 Å². The second-order valence-corrected chi connectivity index (χ2v) is 12.7. The first kappa shape index (κ1) is 33.7. The molecule has 1 aromatic carbocycles. The first-order chi connectivity index (χ1) is 20.1. The van der Waals surface area contributed by atoms with Crippen LogP contribution in [-0.4, -0.2) is 53.7 Å². The van der Waals surface area contributed by atoms with Gasteiger partial charge < -0.3 is 10.1 Å². The number of sulfonamides is 1. The van der Waals surface area contributed by atoms with E-state index in [0.29, 0.717) is 17.7 Å². The minimum atomic E-state index is -4.46. The van der Waals surface area contributed by atoms with Crippen LogP contribution in [0.4, 0.5) is 18.0 Å². The molecule has 10 nitrogen and oxygen atoms in total. The number of nitrogens with zero attached hydrogens (tertiary/aromatic N) is 3. The molecule has 0 aliphatic heterocycles. The molecule has 2 aromatic heterocycles. The standard InChI is InChI=1S/C29H36F3N5O5S/c1-5-6-9-22(24(38)18-35-43(40,41)26-10-7-8-16-33-26)36-27(39)42-25(28(2,3)4)19-37-23(15-17-34-37)20-11-13-21(14-12-20)29(30,31)32/h7-8,10-17,22,25,35H,5-6,9,18-19H2,1-4H3,(H,36,39)/t22-,25+/m0/s1. The molecule has 0 unspecified atom stereocenters. The predicted octanol–water partition coefficient (Wildman–Crippen LogP) is 5.21. The van der Waals surface area contributed by atoms with Crippen LogP contribution in [0.2, 0.25) is 0 Å². The average molecular weight is 624 g/mol. The summed E-state index contributed by atoms with van der Waals surface area (Å²) in [5, 5.41) is 6.63. The highest BCUT2D eigenvalue weighted by Crippen LogP contribution is 2.31. The summed E-state index contributed by atoms with van der Waals surface area (Å²) in [6, 6.07) is 9.68. The summed E-state index contributed by atoms with van der Waals surface area (Å²) in [7, 11) is -4.03. The molecule has 3 aromatic rings. The van der Waals surface area contributed by atoms with Crippen LogP contribution in [0.15, 0.2) is 66.0 Å². The number of carbonyl (C=O) groups excluding carboxylic acids is 2. The first-order valence-corrected chi connectivity index (χ1v) is 15.2. The number of alkyl halides is 3. The Bertz CT molecular complexity index is 1470. The molecule has 1 amide bonds. The number of halogens is 3. The molecule has 0 aliphatic carbocycles. The van der Waals surface area contributed by atoms with Crippen molar-refractivity contribution < 1.29 is 35.9 Å². The predicted molar refractivity (Wildman–Crippen MR) is 153 cm³/mol. The van der Waals surface area contributed by atoms with Crippen molar-refractivity contribution in [2.75, 3.05) is 6.54 Å². The van der Waals surface area contributed by atoms with Gasteiger partial charge in [0.15, 0.2) is 10.8 Å². The normalized spacial score (nSPS) is 13.7. The van der Waals surface area contributed by atoms with Gasteiger partial charge in [-0.05, 0) is 42.3 Å². The van der Waals surface area contributed by atoms with Crippen molar-refractivity contribution in [3.8, 4) is 11.3 Å². The number of hydrogen-bond donors (Lipinski definition) is 2. The van der Waals surface area contributed by atoms with Crippen molar-refractivity contribution in [2.45, 2.75) is 76.9 Å². The van der Waals surface area contributed by atoms with E-state index in [1.807, 2.05) is 27.7 Å². The molecule has 0 fully saturated rings. The quantitative estimate of drug-likeness (QED) is 0.267. The van der Waals surface area contributed by atoms with Gasteiger partial charge in [0.2, 0.25) is 0 Å². The number of amides is 1. The van der Waals surface area contributed by atoms with Crippen LogP contribution in [0.1, 0.15) is 52.5 Å². The number of pyridine rings is 1. The summed E-state index contributed by atoms with van der Waals surface area (Å²) in [5.41, 5.74) is -0.335. The third kappa shape index (κ3) is 9.61. The van der Waals surface area contributed by atoms with Crippen LogP contribution in [0.5, 0.6) is 0 Å². The number of rotatable bonds is 13. The molecule has 43 heavy (non-hydrogen) atoms. The minimum absolute atomic E-state index is 0.0811. The second-order valence-electron chi connectivity index (χ2n) is 11.0. The number of ketones is 1. The fourth-order valence-electron chi connectivity index (χ4n) is 4.10. The molecule has 14 heteroatoms. The van der Waals surface area contributed by atoms with Gasteiger partial charge in [0.1, 0.15) is 6.10 Å². The maximum Gasteiger partial charge on any atom is 0.416 e. The number of carbonyl (C=O) groups is 2. The van der Waals surface area contributed by atoms with Crippen LogP contribution in [0.25, 0.3) is 11.3 Å². The van der Waals surface area contributed by atoms with Crippen LogP contribution < -0.4 is 10.0 Å². The third-order valence-electron chi connectivity index (χ3n) is 6.66. The lowest BCUT2D eigenvalue weighted by molar-refractivity contribution is -0.137. The van der Waals surface area contributed by atoms with E-state index in [4.69, 9.17) is 4.74 Å². The molecule has 0 bridgehead atoms. The van der Waals surface area contributed by atoms with E-state index in [2.05, 4.69) is 20.1 Å². The van der Waals surface area contributed by atoms with Gasteiger partial charge in [-0.1, -0.05) is 58.7 Å². The van der Waals surface area contributed by atoms with E-state index in [9.17, 15) is 31.2 Å². The second kappa shape index (κ2) is 14.1. The largest absolute Gasteiger partial charge is 0.444 e. The number of alkyl carbamates (subject to hydrolysis) is 1. The molecular formula is C29H36F3N5O5S. The van der Waals surface area contributed by atoms with Gasteiger partial charge >= 0.3 is 12.3 Å². The van der Waals surface area contributed by atoms with E-state index in [1.54, 1.807) is 12.1 Å². The lowest BCUT2D eigenvalue weighted by atomic mass is 9.89. The smallest absolute Gasteiger partial charge is 0.416 e. The Hall–Kier alpha value is -3.78. The first-order valence-electron chi connectivity index (χ1n) is 13.7. The van der Waals surface area contributed by atoms with Crippen molar-refractivity contribution in [3.05, 3.63) is 66.5 Å². The van der Waals surface area contributed by atoms with Crippen molar-refractivity contribution >= 4 is 21.9 Å². The average Bonchev–Trinajstić information content (AvgIpc) is 3.41. The molecule has 2 N–H and O–H groups in total. The number of nitrogens with one attached hydrogen (secondary N) is 2. The zero-order valence-corrected chi connectivity index (χ0v) is 25.2. The number of Topliss-reactive ketones (excluding diaryl/α,β-unsaturated/α-hetero) is 1. The van der Waals surface area contributed by atoms with E-state index in [1.165, 1.54) is 41.3 Å². The van der Waals surface area contributed by atoms with E-state index < -0.39 is 57.7 Å². The minimum Gasteiger partial charge on any atom is -0.444 e. The van der Waals surface area contributed by atoms with Gasteiger partial charge in [0.05, 0.1) is 30.4 Å². The molecule has 0 aliphatic rings. The topological polar surface area (TPSA) is 132 Å². The summed E-state index contributed by atoms with van der Waals surface area (Å²) in [5.74, 6) is -0.547. The maximum absolute atomic E-state index is 13.0. The molecule has 0 spiro atoms. The van der Waals surface area contributed by atoms with Gasteiger partial charge in [0.25, 0.3) is 10.0 Å². The fraction of sp³-hybridized carbons (Fsp3) is 0.448. The summed E-state index contributed by atoms with van der Waals surface area (Å²) < 4.78 is 73.6. The number of benzene rings is 1. The monoisotopic (exact) mass is 623 g/mol. The highest BCUT2D eigenvalue weighted by molar-refractivity contribution is 7.89. The Balaban J connectivity index is 1.71. The van der Waals surface area contributed by atoms with Crippen LogP contribution in [0, 0.1) is 5.41 Å². The number of aromatic nitrogens is 3. The summed E-state index contributed by atoms with van der Waals surface area (Å²) in [4.78, 5) is 29.8. The molecular weight excluding hydrogens is 587 g/mol. The zero-order chi connectivity index (χ0) is 31.8. The lowest BCUT2D eigenvalue weighted by Crippen LogP contribution is -2.47. The molecule has 2 atom stereocenters. The fourth-order valence-corrected chi connectivity index (χ4v) is 5.03. The Morgan fingerprint density at radius 3 is 2.30 bits per heavy atom. The summed E-state index contributed by atoms with van der Waals surface area (Å²) in [6.45, 7) is 6.98. The SMILES string of the molecule is CCCC[C@H](NC(=O)O[C@H](Cn1nccc1-c1ccc(C(F)(F)F)cc1)C(C)(C)C)C(=O)CNS(=O)(=O)c1ccccn1. The van der Waals surface area contributed by atoms with Gasteiger partial charge in [-0.3, -0.25) is 9.48 Å². The molecule has 0 saturated heterocycles. The van der Waals surface area contributed by atoms with Crippen LogP contribution in [0.3, 0.4) is 0 Å². The molecule has 2 heterocycles. The highest BCUT2D eigenvalue weighted by atomic mass is 32.2. The number of unbranched alkanes of at least 4 members (excludes halogenated alkanes) is 1. The van der Waals surface area contributed by atoms with Crippen molar-refractivity contribution in [1.29, 1.82) is 0 Å². The van der Waals surface area contributed by atoms with E-state index >= 15 is 0 Å².